The third-order valence-electron chi connectivity index (χ3n) is 8.23. The van der Waals surface area contributed by atoms with Crippen LogP contribution in [0.5, 0.6) is 28.7 Å². The van der Waals surface area contributed by atoms with E-state index in [9.17, 15) is 19.5 Å². The molecule has 0 unspecified atom stereocenters. The van der Waals surface area contributed by atoms with Gasteiger partial charge in [-0.15, -0.1) is 0 Å². The lowest BCUT2D eigenvalue weighted by atomic mass is 10.0. The molecule has 14 heteroatoms. The summed E-state index contributed by atoms with van der Waals surface area (Å²) in [6.07, 6.45) is -0.535. The first-order valence-electron chi connectivity index (χ1n) is 15.3. The first-order valence-corrected chi connectivity index (χ1v) is 15.3. The van der Waals surface area contributed by atoms with Crippen molar-refractivity contribution < 1.29 is 43.2 Å². The predicted molar refractivity (Wildman–Crippen MR) is 171 cm³/mol. The third-order valence-corrected chi connectivity index (χ3v) is 8.23. The number of rotatable bonds is 7. The molecule has 6 rings (SSSR count). The van der Waals surface area contributed by atoms with Crippen molar-refractivity contribution in [1.82, 2.24) is 9.80 Å². The van der Waals surface area contributed by atoms with E-state index in [0.29, 0.717) is 57.9 Å². The van der Waals surface area contributed by atoms with Crippen molar-refractivity contribution in [2.75, 3.05) is 56.3 Å². The van der Waals surface area contributed by atoms with E-state index in [-0.39, 0.29) is 51.0 Å². The smallest absolute Gasteiger partial charge is 0.323 e. The molecule has 0 fully saturated rings. The molecule has 3 heterocycles. The van der Waals surface area contributed by atoms with E-state index in [2.05, 4.69) is 16.0 Å². The molecule has 14 nitrogen and oxygen atoms in total. The van der Waals surface area contributed by atoms with Crippen LogP contribution < -0.4 is 39.6 Å². The molecule has 0 spiro atoms. The lowest BCUT2D eigenvalue weighted by Crippen LogP contribution is -2.48. The number of likely N-dealkylation sites (N-methyl/N-ethyl adjacent to an activating group) is 1. The molecule has 5 amide bonds. The van der Waals surface area contributed by atoms with Gasteiger partial charge in [0.05, 0.1) is 25.6 Å². The maximum Gasteiger partial charge on any atom is 0.323 e. The summed E-state index contributed by atoms with van der Waals surface area (Å²) in [6, 6.07) is 14.0. The molecular weight excluding hydrogens is 610 g/mol. The fraction of sp³-hybridized carbons (Fsp3) is 0.364. The first kappa shape index (κ1) is 31.6. The van der Waals surface area contributed by atoms with Gasteiger partial charge in [-0.1, -0.05) is 6.92 Å². The second kappa shape index (κ2) is 13.5. The second-order valence-corrected chi connectivity index (χ2v) is 11.7. The van der Waals surface area contributed by atoms with Crippen LogP contribution >= 0.6 is 0 Å². The minimum atomic E-state index is -0.520. The zero-order chi connectivity index (χ0) is 33.1. The van der Waals surface area contributed by atoms with Crippen LogP contribution in [0.3, 0.4) is 0 Å². The van der Waals surface area contributed by atoms with Gasteiger partial charge in [0.25, 0.3) is 0 Å². The number of hydrogen-bond acceptors (Lipinski definition) is 9. The van der Waals surface area contributed by atoms with Crippen LogP contribution in [0.15, 0.2) is 54.6 Å². The summed E-state index contributed by atoms with van der Waals surface area (Å²) in [6.45, 7) is 4.27. The van der Waals surface area contributed by atoms with E-state index < -0.39 is 18.2 Å². The molecule has 3 aromatic rings. The zero-order valence-corrected chi connectivity index (χ0v) is 26.3. The highest BCUT2D eigenvalue weighted by molar-refractivity contribution is 6.00. The highest BCUT2D eigenvalue weighted by Crippen LogP contribution is 2.36. The first-order chi connectivity index (χ1) is 22.7. The van der Waals surface area contributed by atoms with Gasteiger partial charge in [0, 0.05) is 54.3 Å². The molecule has 3 aromatic carbocycles. The fourth-order valence-corrected chi connectivity index (χ4v) is 5.54. The number of urea groups is 2. The maximum absolute atomic E-state index is 13.6. The Labute approximate surface area is 271 Å². The number of ether oxygens (including phenoxy) is 5. The van der Waals surface area contributed by atoms with Gasteiger partial charge in [-0.3, -0.25) is 4.79 Å². The molecule has 3 aliphatic heterocycles. The van der Waals surface area contributed by atoms with E-state index in [1.165, 1.54) is 4.90 Å². The van der Waals surface area contributed by atoms with Crippen LogP contribution in [0.25, 0.3) is 0 Å². The lowest BCUT2D eigenvalue weighted by molar-refractivity contribution is -0.134. The molecule has 0 aromatic heterocycles. The number of anilines is 3. The minimum absolute atomic E-state index is 0.0150. The Morgan fingerprint density at radius 3 is 2.04 bits per heavy atom. The molecule has 0 saturated carbocycles. The van der Waals surface area contributed by atoms with Crippen LogP contribution in [-0.4, -0.2) is 85.4 Å². The Bertz CT molecular complexity index is 1670. The number of fused-ring (bicyclic) bond motifs is 3. The van der Waals surface area contributed by atoms with Crippen LogP contribution in [0.4, 0.5) is 26.7 Å². The molecule has 0 bridgehead atoms. The largest absolute Gasteiger partial charge is 0.488 e. The number of aliphatic hydroxyl groups is 1. The average Bonchev–Trinajstić information content (AvgIpc) is 3.73. The fourth-order valence-electron chi connectivity index (χ4n) is 5.54. The van der Waals surface area contributed by atoms with E-state index in [0.717, 1.165) is 0 Å². The number of carbonyl (C=O) groups excluding carboxylic acids is 3. The molecule has 47 heavy (non-hydrogen) atoms. The number of hydrogen-bond donors (Lipinski definition) is 4. The van der Waals surface area contributed by atoms with Crippen LogP contribution in [0.1, 0.15) is 19.4 Å². The maximum atomic E-state index is 13.6. The van der Waals surface area contributed by atoms with Crippen LogP contribution in [-0.2, 0) is 11.2 Å². The van der Waals surface area contributed by atoms with Crippen LogP contribution in [0.2, 0.25) is 0 Å². The monoisotopic (exact) mass is 647 g/mol. The standard InChI is InChI=1S/C33H37N5O9/c1-19-14-38(20(2)16-39)31(40)11-21-10-22(34-32(41)35-23-5-8-26-28(12-23)45-17-43-26)4-7-25(21)47-30(19)15-37(3)33(42)36-24-6-9-27-29(13-24)46-18-44-27/h4-10,12-13,19-20,30,39H,11,14-18H2,1-3H3,(H,36,42)(H2,34,35,41)/t19-,20+,30-/m0/s1. The lowest BCUT2D eigenvalue weighted by Gasteiger charge is -2.34. The summed E-state index contributed by atoms with van der Waals surface area (Å²) in [5.41, 5.74) is 2.07. The number of nitrogens with zero attached hydrogens (tertiary/aromatic N) is 2. The second-order valence-electron chi connectivity index (χ2n) is 11.7. The average molecular weight is 648 g/mol. The molecule has 3 atom stereocenters. The minimum Gasteiger partial charge on any atom is -0.488 e. The van der Waals surface area contributed by atoms with Gasteiger partial charge in [-0.05, 0) is 49.4 Å². The van der Waals surface area contributed by atoms with Crippen molar-refractivity contribution in [3.63, 3.8) is 0 Å². The Morgan fingerprint density at radius 1 is 0.872 bits per heavy atom. The molecule has 0 radical (unpaired) electrons. The number of amides is 5. The van der Waals surface area contributed by atoms with E-state index in [1.807, 2.05) is 6.92 Å². The molecule has 3 aliphatic rings. The van der Waals surface area contributed by atoms with Crippen molar-refractivity contribution in [2.24, 2.45) is 5.92 Å². The topological polar surface area (TPSA) is 160 Å². The van der Waals surface area contributed by atoms with Gasteiger partial charge < -0.3 is 54.5 Å². The van der Waals surface area contributed by atoms with Gasteiger partial charge in [0.2, 0.25) is 19.5 Å². The number of aliphatic hydroxyl groups excluding tert-OH is 1. The van der Waals surface area contributed by atoms with Crippen molar-refractivity contribution in [1.29, 1.82) is 0 Å². The summed E-state index contributed by atoms with van der Waals surface area (Å²) in [5.74, 6) is 2.36. The highest BCUT2D eigenvalue weighted by Gasteiger charge is 2.32. The summed E-state index contributed by atoms with van der Waals surface area (Å²) in [5, 5.41) is 18.4. The van der Waals surface area contributed by atoms with Gasteiger partial charge in [-0.25, -0.2) is 9.59 Å². The molecule has 0 saturated heterocycles. The highest BCUT2D eigenvalue weighted by atomic mass is 16.7. The quantitative estimate of drug-likeness (QED) is 0.296. The van der Waals surface area contributed by atoms with Crippen molar-refractivity contribution >= 4 is 35.0 Å². The number of carbonyl (C=O) groups is 3. The van der Waals surface area contributed by atoms with Crippen molar-refractivity contribution in [3.8, 4) is 28.7 Å². The Kier molecular flexibility index (Phi) is 9.11. The molecule has 0 aliphatic carbocycles. The SMILES string of the molecule is C[C@H](CO)N1C[C@H](C)[C@H](CN(C)C(=O)Nc2ccc3c(c2)OCO3)Oc2ccc(NC(=O)Nc3ccc4c(c3)OCO4)cc2CC1=O. The normalized spacial score (nSPS) is 18.6. The van der Waals surface area contributed by atoms with Gasteiger partial charge in [0.1, 0.15) is 11.9 Å². The van der Waals surface area contributed by atoms with E-state index in [1.54, 1.807) is 73.5 Å². The third kappa shape index (κ3) is 7.22. The Morgan fingerprint density at radius 2 is 1.43 bits per heavy atom. The van der Waals surface area contributed by atoms with E-state index >= 15 is 0 Å². The molecule has 248 valence electrons. The zero-order valence-electron chi connectivity index (χ0n) is 26.3. The van der Waals surface area contributed by atoms with Crippen molar-refractivity contribution in [2.45, 2.75) is 32.4 Å². The molecule has 4 N–H and O–H groups in total. The van der Waals surface area contributed by atoms with Gasteiger partial charge in [-0.2, -0.15) is 0 Å². The van der Waals surface area contributed by atoms with Gasteiger partial charge in [0.15, 0.2) is 23.0 Å². The summed E-state index contributed by atoms with van der Waals surface area (Å²) in [7, 11) is 1.66. The molecular formula is C33H37N5O9. The van der Waals surface area contributed by atoms with E-state index in [4.69, 9.17) is 23.7 Å². The number of nitrogens with one attached hydrogen (secondary N) is 3. The van der Waals surface area contributed by atoms with Crippen molar-refractivity contribution in [3.05, 3.63) is 60.2 Å². The summed E-state index contributed by atoms with van der Waals surface area (Å²) in [4.78, 5) is 42.8. The van der Waals surface area contributed by atoms with Crippen LogP contribution in [0, 0.1) is 5.92 Å². The Hall–Kier alpha value is -5.37. The summed E-state index contributed by atoms with van der Waals surface area (Å²) < 4.78 is 28.0. The van der Waals surface area contributed by atoms with Gasteiger partial charge >= 0.3 is 12.1 Å². The Balaban J connectivity index is 1.18. The number of benzene rings is 3. The predicted octanol–water partition coefficient (Wildman–Crippen LogP) is 4.10. The summed E-state index contributed by atoms with van der Waals surface area (Å²) >= 11 is 0.